The zero-order valence-electron chi connectivity index (χ0n) is 17.4. The van der Waals surface area contributed by atoms with Crippen molar-refractivity contribution < 1.29 is 0 Å². The van der Waals surface area contributed by atoms with E-state index in [0.29, 0.717) is 6.04 Å². The lowest BCUT2D eigenvalue weighted by molar-refractivity contribution is 0.365. The van der Waals surface area contributed by atoms with Crippen molar-refractivity contribution in [3.63, 3.8) is 0 Å². The molecule has 1 unspecified atom stereocenters. The number of benzene rings is 1. The highest BCUT2D eigenvalue weighted by Crippen LogP contribution is 2.15. The maximum atomic E-state index is 4.92. The van der Waals surface area contributed by atoms with Crippen molar-refractivity contribution in [2.45, 2.75) is 46.2 Å². The Hall–Kier alpha value is -2.57. The fraction of sp³-hybridized carbons (Fsp3) is 0.571. The Morgan fingerprint density at radius 1 is 1.14 bits per heavy atom. The average Bonchev–Trinajstić information content (AvgIpc) is 3.21. The molecule has 28 heavy (non-hydrogen) atoms. The number of guanidine groups is 1. The Balaban J connectivity index is 1.61. The lowest BCUT2D eigenvalue weighted by atomic mass is 10.2. The molecule has 0 aliphatic carbocycles. The van der Waals surface area contributed by atoms with Gasteiger partial charge in [0.1, 0.15) is 12.2 Å². The summed E-state index contributed by atoms with van der Waals surface area (Å²) in [6.45, 7) is 12.0. The van der Waals surface area contributed by atoms with Gasteiger partial charge in [0.2, 0.25) is 0 Å². The molecule has 1 saturated heterocycles. The van der Waals surface area contributed by atoms with Gasteiger partial charge in [-0.3, -0.25) is 4.99 Å². The fourth-order valence-electron chi connectivity index (χ4n) is 3.38. The second kappa shape index (κ2) is 10.1. The molecule has 1 fully saturated rings. The fourth-order valence-corrected chi connectivity index (χ4v) is 3.38. The van der Waals surface area contributed by atoms with E-state index in [1.54, 1.807) is 6.33 Å². The molecule has 0 saturated carbocycles. The molecular formula is C21H33N7. The largest absolute Gasteiger partial charge is 0.368 e. The highest BCUT2D eigenvalue weighted by molar-refractivity contribution is 5.80. The molecule has 1 aliphatic rings. The van der Waals surface area contributed by atoms with E-state index in [2.05, 4.69) is 81.0 Å². The number of nitrogens with zero attached hydrogens (tertiary/aromatic N) is 6. The Morgan fingerprint density at radius 3 is 2.57 bits per heavy atom. The van der Waals surface area contributed by atoms with Crippen LogP contribution in [0, 0.1) is 0 Å². The Bertz CT molecular complexity index is 732. The van der Waals surface area contributed by atoms with E-state index in [1.807, 2.05) is 0 Å². The van der Waals surface area contributed by atoms with Gasteiger partial charge in [-0.15, -0.1) is 10.2 Å². The summed E-state index contributed by atoms with van der Waals surface area (Å²) in [5, 5.41) is 11.8. The first-order valence-electron chi connectivity index (χ1n) is 10.4. The molecule has 1 aliphatic heterocycles. The number of para-hydroxylation sites is 1. The van der Waals surface area contributed by atoms with Crippen molar-refractivity contribution in [3.8, 4) is 0 Å². The van der Waals surface area contributed by atoms with Crippen LogP contribution < -0.4 is 10.2 Å². The molecule has 2 heterocycles. The first kappa shape index (κ1) is 20.2. The van der Waals surface area contributed by atoms with Gasteiger partial charge in [0, 0.05) is 50.9 Å². The van der Waals surface area contributed by atoms with Gasteiger partial charge in [0.15, 0.2) is 5.96 Å². The number of hydrogen-bond donors (Lipinski definition) is 1. The van der Waals surface area contributed by atoms with Crippen LogP contribution in [0.25, 0.3) is 0 Å². The lowest BCUT2D eigenvalue weighted by Crippen LogP contribution is -2.54. The number of aliphatic imine (C=N–C) groups is 1. The molecule has 1 aromatic heterocycles. The minimum Gasteiger partial charge on any atom is -0.368 e. The number of anilines is 1. The summed E-state index contributed by atoms with van der Waals surface area (Å²) in [4.78, 5) is 9.75. The smallest absolute Gasteiger partial charge is 0.194 e. The molecule has 0 amide bonds. The molecule has 1 atom stereocenters. The van der Waals surface area contributed by atoms with E-state index in [-0.39, 0.29) is 0 Å². The van der Waals surface area contributed by atoms with Gasteiger partial charge in [-0.05, 0) is 25.5 Å². The highest BCUT2D eigenvalue weighted by Gasteiger charge is 2.20. The van der Waals surface area contributed by atoms with Gasteiger partial charge in [0.05, 0.1) is 6.54 Å². The third-order valence-corrected chi connectivity index (χ3v) is 5.30. The minimum absolute atomic E-state index is 0.409. The van der Waals surface area contributed by atoms with Gasteiger partial charge < -0.3 is 19.7 Å². The van der Waals surface area contributed by atoms with E-state index < -0.39 is 0 Å². The second-order valence-corrected chi connectivity index (χ2v) is 7.26. The molecule has 0 bridgehead atoms. The van der Waals surface area contributed by atoms with Crippen LogP contribution in [0.3, 0.4) is 0 Å². The second-order valence-electron chi connectivity index (χ2n) is 7.26. The van der Waals surface area contributed by atoms with Gasteiger partial charge in [0.25, 0.3) is 0 Å². The summed E-state index contributed by atoms with van der Waals surface area (Å²) in [6.07, 6.45) is 3.77. The number of rotatable bonds is 7. The van der Waals surface area contributed by atoms with Gasteiger partial charge in [-0.1, -0.05) is 32.0 Å². The van der Waals surface area contributed by atoms with Crippen molar-refractivity contribution in [1.82, 2.24) is 25.0 Å². The quantitative estimate of drug-likeness (QED) is 0.588. The van der Waals surface area contributed by atoms with Gasteiger partial charge in [-0.2, -0.15) is 0 Å². The molecule has 7 nitrogen and oxygen atoms in total. The molecule has 3 rings (SSSR count). The monoisotopic (exact) mass is 383 g/mol. The number of aryl methyl sites for hydroxylation is 1. The van der Waals surface area contributed by atoms with Crippen molar-refractivity contribution in [2.24, 2.45) is 4.99 Å². The van der Waals surface area contributed by atoms with Crippen molar-refractivity contribution in [1.29, 1.82) is 0 Å². The van der Waals surface area contributed by atoms with Gasteiger partial charge >= 0.3 is 0 Å². The van der Waals surface area contributed by atoms with Crippen LogP contribution in [0.1, 0.15) is 33.0 Å². The summed E-state index contributed by atoms with van der Waals surface area (Å²) in [6, 6.07) is 11.1. The van der Waals surface area contributed by atoms with Crippen LogP contribution in [0.4, 0.5) is 5.69 Å². The molecule has 0 spiro atoms. The Labute approximate surface area is 168 Å². The zero-order valence-corrected chi connectivity index (χ0v) is 17.4. The summed E-state index contributed by atoms with van der Waals surface area (Å²) in [5.41, 5.74) is 1.30. The molecule has 7 heteroatoms. The molecule has 152 valence electrons. The summed E-state index contributed by atoms with van der Waals surface area (Å²) >= 11 is 0. The maximum absolute atomic E-state index is 4.92. The predicted molar refractivity (Wildman–Crippen MR) is 115 cm³/mol. The van der Waals surface area contributed by atoms with Crippen molar-refractivity contribution in [3.05, 3.63) is 42.5 Å². The first-order valence-corrected chi connectivity index (χ1v) is 10.4. The molecule has 0 radical (unpaired) electrons. The number of hydrogen-bond acceptors (Lipinski definition) is 4. The first-order chi connectivity index (χ1) is 13.7. The third-order valence-electron chi connectivity index (χ3n) is 5.30. The van der Waals surface area contributed by atoms with Crippen molar-refractivity contribution in [2.75, 3.05) is 37.6 Å². The van der Waals surface area contributed by atoms with Crippen LogP contribution in [-0.2, 0) is 13.0 Å². The summed E-state index contributed by atoms with van der Waals surface area (Å²) < 4.78 is 2.09. The van der Waals surface area contributed by atoms with E-state index in [9.17, 15) is 0 Å². The standard InChI is InChI=1S/C21H33N7/c1-4-18(3)24-21(22-11-12-28-17-23-25-20(28)5-2)27-15-13-26(14-16-27)19-9-7-6-8-10-19/h6-10,17-18H,4-5,11-16H2,1-3H3,(H,22,24). The number of piperazine rings is 1. The van der Waals surface area contributed by atoms with E-state index in [0.717, 1.165) is 63.9 Å². The number of aromatic nitrogens is 3. The van der Waals surface area contributed by atoms with Crippen molar-refractivity contribution >= 4 is 11.6 Å². The van der Waals surface area contributed by atoms with Crippen LogP contribution in [0.15, 0.2) is 41.7 Å². The van der Waals surface area contributed by atoms with Gasteiger partial charge in [-0.25, -0.2) is 0 Å². The maximum Gasteiger partial charge on any atom is 0.194 e. The van der Waals surface area contributed by atoms with E-state index >= 15 is 0 Å². The van der Waals surface area contributed by atoms with E-state index in [4.69, 9.17) is 4.99 Å². The molecule has 1 N–H and O–H groups in total. The van der Waals surface area contributed by atoms with Crippen LogP contribution >= 0.6 is 0 Å². The molecule has 2 aromatic rings. The normalized spacial score (nSPS) is 16.3. The SMILES string of the molecule is CCc1nncn1CCN=C(NC(C)CC)N1CCN(c2ccccc2)CC1. The predicted octanol–water partition coefficient (Wildman–Crippen LogP) is 2.41. The van der Waals surface area contributed by atoms with Crippen LogP contribution in [0.5, 0.6) is 0 Å². The van der Waals surface area contributed by atoms with Crippen LogP contribution in [0.2, 0.25) is 0 Å². The number of nitrogens with one attached hydrogen (secondary N) is 1. The lowest BCUT2D eigenvalue weighted by Gasteiger charge is -2.38. The highest BCUT2D eigenvalue weighted by atomic mass is 15.4. The summed E-state index contributed by atoms with van der Waals surface area (Å²) in [7, 11) is 0. The van der Waals surface area contributed by atoms with E-state index in [1.165, 1.54) is 5.69 Å². The molecular weight excluding hydrogens is 350 g/mol. The average molecular weight is 384 g/mol. The Morgan fingerprint density at radius 2 is 1.89 bits per heavy atom. The Kier molecular flexibility index (Phi) is 7.28. The third kappa shape index (κ3) is 5.24. The topological polar surface area (TPSA) is 61.6 Å². The minimum atomic E-state index is 0.409. The molecule has 1 aromatic carbocycles. The summed E-state index contributed by atoms with van der Waals surface area (Å²) in [5.74, 6) is 2.04. The van der Waals surface area contributed by atoms with Crippen LogP contribution in [-0.4, -0.2) is 64.4 Å². The zero-order chi connectivity index (χ0) is 19.8.